The Hall–Kier alpha value is -2.12. The van der Waals surface area contributed by atoms with Gasteiger partial charge in [-0.1, -0.05) is 12.1 Å². The first-order chi connectivity index (χ1) is 10.0. The highest BCUT2D eigenvalue weighted by Gasteiger charge is 2.44. The van der Waals surface area contributed by atoms with E-state index in [1.54, 1.807) is 24.3 Å². The molecule has 1 amide bonds. The first-order valence-corrected chi connectivity index (χ1v) is 6.68. The number of carboxylic acids is 1. The van der Waals surface area contributed by atoms with Gasteiger partial charge in [-0.2, -0.15) is 0 Å². The van der Waals surface area contributed by atoms with Gasteiger partial charge in [0.05, 0.1) is 18.8 Å². The lowest BCUT2D eigenvalue weighted by Gasteiger charge is -2.36. The monoisotopic (exact) mass is 292 g/mol. The zero-order valence-electron chi connectivity index (χ0n) is 11.3. The molecule has 0 aromatic heterocycles. The number of nitrogens with two attached hydrogens (primary N) is 1. The van der Waals surface area contributed by atoms with Crippen molar-refractivity contribution in [3.63, 3.8) is 0 Å². The van der Waals surface area contributed by atoms with Crippen LogP contribution >= 0.6 is 0 Å². The minimum absolute atomic E-state index is 0.0653. The maximum Gasteiger partial charge on any atom is 0.346 e. The van der Waals surface area contributed by atoms with Gasteiger partial charge in [0.1, 0.15) is 11.3 Å². The number of fused-ring (bicyclic) bond motifs is 1. The number of hydrogen-bond acceptors (Lipinski definition) is 5. The average molecular weight is 292 g/mol. The van der Waals surface area contributed by atoms with Gasteiger partial charge in [-0.05, 0) is 18.6 Å². The third kappa shape index (κ3) is 2.34. The second kappa shape index (κ2) is 5.01. The molecule has 1 fully saturated rings. The van der Waals surface area contributed by atoms with Gasteiger partial charge in [-0.25, -0.2) is 4.79 Å². The van der Waals surface area contributed by atoms with E-state index in [0.717, 1.165) is 0 Å². The van der Waals surface area contributed by atoms with Gasteiger partial charge in [0.25, 0.3) is 0 Å². The molecule has 0 spiro atoms. The summed E-state index contributed by atoms with van der Waals surface area (Å²) >= 11 is 0. The Balaban J connectivity index is 1.96. The molecule has 1 aromatic rings. The van der Waals surface area contributed by atoms with E-state index in [2.05, 4.69) is 0 Å². The fraction of sp³-hybridized carbons (Fsp3) is 0.429. The highest BCUT2D eigenvalue weighted by atomic mass is 16.5. The quantitative estimate of drug-likeness (QED) is 0.794. The SMILES string of the molecule is NC1(C(=O)N2CC(C(=O)O)Oc3ccccc32)CCOC1. The van der Waals surface area contributed by atoms with Crippen molar-refractivity contribution in [1.29, 1.82) is 0 Å². The number of rotatable bonds is 2. The van der Waals surface area contributed by atoms with E-state index in [1.165, 1.54) is 4.90 Å². The van der Waals surface area contributed by atoms with Gasteiger partial charge in [0.2, 0.25) is 12.0 Å². The third-order valence-corrected chi connectivity index (χ3v) is 3.77. The van der Waals surface area contributed by atoms with Gasteiger partial charge >= 0.3 is 5.97 Å². The normalized spacial score (nSPS) is 27.9. The summed E-state index contributed by atoms with van der Waals surface area (Å²) in [6, 6.07) is 6.84. The van der Waals surface area contributed by atoms with E-state index in [9.17, 15) is 14.7 Å². The summed E-state index contributed by atoms with van der Waals surface area (Å²) in [6.07, 6.45) is -0.682. The first-order valence-electron chi connectivity index (χ1n) is 6.68. The van der Waals surface area contributed by atoms with Crippen LogP contribution in [0.25, 0.3) is 0 Å². The predicted octanol–water partition coefficient (Wildman–Crippen LogP) is -0.0170. The number of nitrogens with zero attached hydrogens (tertiary/aromatic N) is 1. The molecular formula is C14H16N2O5. The number of carboxylic acid groups (broad SMARTS) is 1. The van der Waals surface area contributed by atoms with Crippen molar-refractivity contribution >= 4 is 17.6 Å². The third-order valence-electron chi connectivity index (χ3n) is 3.77. The lowest BCUT2D eigenvalue weighted by Crippen LogP contribution is -2.59. The van der Waals surface area contributed by atoms with Gasteiger partial charge in [-0.3, -0.25) is 4.79 Å². The van der Waals surface area contributed by atoms with Gasteiger partial charge < -0.3 is 25.2 Å². The van der Waals surface area contributed by atoms with Crippen LogP contribution in [0.3, 0.4) is 0 Å². The maximum atomic E-state index is 12.7. The Morgan fingerprint density at radius 3 is 2.81 bits per heavy atom. The van der Waals surface area contributed by atoms with E-state index in [4.69, 9.17) is 15.2 Å². The molecule has 3 N–H and O–H groups in total. The fourth-order valence-electron chi connectivity index (χ4n) is 2.57. The number of ether oxygens (including phenoxy) is 2. The molecule has 0 bridgehead atoms. The van der Waals surface area contributed by atoms with Crippen LogP contribution < -0.4 is 15.4 Å². The van der Waals surface area contributed by atoms with E-state index in [1.807, 2.05) is 0 Å². The predicted molar refractivity (Wildman–Crippen MR) is 73.2 cm³/mol. The summed E-state index contributed by atoms with van der Waals surface area (Å²) in [5.41, 5.74) is 5.54. The Bertz CT molecular complexity index is 582. The topological polar surface area (TPSA) is 102 Å². The largest absolute Gasteiger partial charge is 0.478 e. The number of aliphatic carboxylic acids is 1. The average Bonchev–Trinajstić information content (AvgIpc) is 2.93. The lowest BCUT2D eigenvalue weighted by molar-refractivity contribution is -0.145. The molecule has 1 aromatic carbocycles. The Labute approximate surface area is 121 Å². The zero-order valence-corrected chi connectivity index (χ0v) is 11.3. The zero-order chi connectivity index (χ0) is 15.0. The number of amides is 1. The molecule has 2 heterocycles. The smallest absolute Gasteiger partial charge is 0.346 e. The molecule has 2 aliphatic rings. The first kappa shape index (κ1) is 13.8. The summed E-state index contributed by atoms with van der Waals surface area (Å²) in [6.45, 7) is 0.504. The van der Waals surface area contributed by atoms with E-state index >= 15 is 0 Å². The number of benzene rings is 1. The minimum atomic E-state index is -1.11. The molecule has 7 heteroatoms. The van der Waals surface area contributed by atoms with Crippen LogP contribution in [0, 0.1) is 0 Å². The van der Waals surface area contributed by atoms with Crippen molar-refractivity contribution in [3.05, 3.63) is 24.3 Å². The Kier molecular flexibility index (Phi) is 3.30. The molecular weight excluding hydrogens is 276 g/mol. The number of carbonyl (C=O) groups excluding carboxylic acids is 1. The van der Waals surface area contributed by atoms with E-state index < -0.39 is 17.6 Å². The second-order valence-electron chi connectivity index (χ2n) is 5.29. The molecule has 21 heavy (non-hydrogen) atoms. The van der Waals surface area contributed by atoms with Crippen molar-refractivity contribution < 1.29 is 24.2 Å². The van der Waals surface area contributed by atoms with Crippen LogP contribution in [0.1, 0.15) is 6.42 Å². The standard InChI is InChI=1S/C14H16N2O5/c15-14(5-6-20-8-14)13(19)16-7-11(12(17)18)21-10-4-2-1-3-9(10)16/h1-4,11H,5-8,15H2,(H,17,18). The Morgan fingerprint density at radius 1 is 1.38 bits per heavy atom. The van der Waals surface area contributed by atoms with Crippen molar-refractivity contribution in [2.45, 2.75) is 18.1 Å². The summed E-state index contributed by atoms with van der Waals surface area (Å²) in [7, 11) is 0. The second-order valence-corrected chi connectivity index (χ2v) is 5.29. The van der Waals surface area contributed by atoms with Crippen LogP contribution in [0.5, 0.6) is 5.75 Å². The minimum Gasteiger partial charge on any atom is -0.478 e. The number of anilines is 1. The molecule has 3 rings (SSSR count). The summed E-state index contributed by atoms with van der Waals surface area (Å²) in [5.74, 6) is -1.08. The molecule has 2 atom stereocenters. The molecule has 2 aliphatic heterocycles. The van der Waals surface area contributed by atoms with Crippen molar-refractivity contribution in [2.75, 3.05) is 24.7 Å². The van der Waals surface area contributed by atoms with Crippen LogP contribution in [-0.2, 0) is 14.3 Å². The summed E-state index contributed by atoms with van der Waals surface area (Å²) in [4.78, 5) is 25.3. The van der Waals surface area contributed by atoms with Crippen molar-refractivity contribution in [3.8, 4) is 5.75 Å². The Morgan fingerprint density at radius 2 is 2.14 bits per heavy atom. The molecule has 112 valence electrons. The molecule has 0 aliphatic carbocycles. The summed E-state index contributed by atoms with van der Waals surface area (Å²) < 4.78 is 10.6. The fourth-order valence-corrected chi connectivity index (χ4v) is 2.57. The van der Waals surface area contributed by atoms with Crippen molar-refractivity contribution in [2.24, 2.45) is 5.73 Å². The molecule has 1 saturated heterocycles. The highest BCUT2D eigenvalue weighted by molar-refractivity contribution is 6.02. The van der Waals surface area contributed by atoms with Gasteiger partial charge in [-0.15, -0.1) is 0 Å². The summed E-state index contributed by atoms with van der Waals surface area (Å²) in [5, 5.41) is 9.17. The van der Waals surface area contributed by atoms with Crippen LogP contribution in [0.15, 0.2) is 24.3 Å². The van der Waals surface area contributed by atoms with E-state index in [0.29, 0.717) is 24.5 Å². The number of carbonyl (C=O) groups is 2. The van der Waals surface area contributed by atoms with Gasteiger partial charge in [0, 0.05) is 6.61 Å². The van der Waals surface area contributed by atoms with Crippen molar-refractivity contribution in [1.82, 2.24) is 0 Å². The number of para-hydroxylation sites is 2. The molecule has 7 nitrogen and oxygen atoms in total. The van der Waals surface area contributed by atoms with Crippen LogP contribution in [0.2, 0.25) is 0 Å². The molecule has 0 saturated carbocycles. The molecule has 2 unspecified atom stereocenters. The van der Waals surface area contributed by atoms with Crippen LogP contribution in [-0.4, -0.2) is 48.4 Å². The van der Waals surface area contributed by atoms with Crippen LogP contribution in [0.4, 0.5) is 5.69 Å². The molecule has 0 radical (unpaired) electrons. The number of hydrogen-bond donors (Lipinski definition) is 2. The van der Waals surface area contributed by atoms with Gasteiger partial charge in [0.15, 0.2) is 0 Å². The van der Waals surface area contributed by atoms with E-state index in [-0.39, 0.29) is 19.1 Å². The lowest BCUT2D eigenvalue weighted by atomic mass is 9.97. The maximum absolute atomic E-state index is 12.7. The highest BCUT2D eigenvalue weighted by Crippen LogP contribution is 2.35.